The van der Waals surface area contributed by atoms with Crippen molar-refractivity contribution in [3.8, 4) is 55.6 Å². The highest BCUT2D eigenvalue weighted by molar-refractivity contribution is 6.19. The van der Waals surface area contributed by atoms with Crippen molar-refractivity contribution in [1.82, 2.24) is 0 Å². The number of para-hydroxylation sites is 2. The van der Waals surface area contributed by atoms with Gasteiger partial charge in [-0.2, -0.15) is 0 Å². The minimum Gasteiger partial charge on any atom is -0.456 e. The van der Waals surface area contributed by atoms with Gasteiger partial charge in [0.15, 0.2) is 0 Å². The lowest BCUT2D eigenvalue weighted by molar-refractivity contribution is 0.651. The average Bonchev–Trinajstić information content (AvgIpc) is 4.31. The minimum absolute atomic E-state index is 0.175. The van der Waals surface area contributed by atoms with Gasteiger partial charge >= 0.3 is 0 Å². The second kappa shape index (κ2) is 14.9. The minimum atomic E-state index is -0.317. The molecule has 2 aromatic heterocycles. The van der Waals surface area contributed by atoms with Crippen molar-refractivity contribution < 1.29 is 8.83 Å². The molecule has 3 nitrogen and oxygen atoms in total. The molecule has 0 saturated carbocycles. The van der Waals surface area contributed by atoms with E-state index in [-0.39, 0.29) is 16.2 Å². The molecule has 3 aliphatic rings. The van der Waals surface area contributed by atoms with Gasteiger partial charge in [-0.15, -0.1) is 0 Å². The van der Waals surface area contributed by atoms with Crippen LogP contribution in [0, 0.1) is 13.8 Å². The molecule has 15 rings (SSSR count). The Morgan fingerprint density at radius 1 is 0.351 bits per heavy atom. The summed E-state index contributed by atoms with van der Waals surface area (Å²) >= 11 is 0. The Labute approximate surface area is 432 Å². The first-order valence-electron chi connectivity index (χ1n) is 26.2. The SMILES string of the molecule is Cc1ccc(N(c2ccc3c(c2)C(C)(C)c2cc4c(cc2-3)C(C)(C)c2ccc3oc5ccccc5c3c2-4)c2ccc3c(c2)C(C)(C)c2cc(-c4ccc(-c5ccccc5)cc4)c4oc5ccccc5c4c2-3)c(C)c1. The number of aryl methyl sites for hydroxylation is 2. The first kappa shape index (κ1) is 43.2. The van der Waals surface area contributed by atoms with Gasteiger partial charge in [-0.05, 0) is 170 Å². The molecule has 0 bridgehead atoms. The lowest BCUT2D eigenvalue weighted by Crippen LogP contribution is -2.18. The van der Waals surface area contributed by atoms with Crippen LogP contribution in [0.15, 0.2) is 197 Å². The molecule has 10 aromatic carbocycles. The van der Waals surface area contributed by atoms with Crippen molar-refractivity contribution in [3.63, 3.8) is 0 Å². The average molecular weight is 954 g/mol. The number of hydrogen-bond acceptors (Lipinski definition) is 3. The van der Waals surface area contributed by atoms with Gasteiger partial charge in [0.1, 0.15) is 22.3 Å². The van der Waals surface area contributed by atoms with Crippen LogP contribution in [0.1, 0.15) is 86.1 Å². The second-order valence-electron chi connectivity index (χ2n) is 23.0. The summed E-state index contributed by atoms with van der Waals surface area (Å²) in [7, 11) is 0. The fraction of sp³-hybridized carbons (Fsp3) is 0.155. The molecule has 74 heavy (non-hydrogen) atoms. The van der Waals surface area contributed by atoms with Crippen molar-refractivity contribution in [2.24, 2.45) is 0 Å². The van der Waals surface area contributed by atoms with E-state index in [1.165, 1.54) is 111 Å². The standard InChI is InChI=1S/C71H55NO2/c1-40-22-32-60(41(2)34-40)72(45-27-29-47-52-38-58-53(39-57(52)70(5,6)55(47)35-45)65-54(69(58,3)4)31-33-63-66(65)49-18-12-14-20-61(49)73-63)46-28-30-48-56(36-46)71(7,8)59-37-51(44-25-23-43(24-26-44)42-16-10-9-11-17-42)68-67(64(48)59)50-19-13-15-21-62(50)74-68/h9-39H,1-8H3. The number of nitrogens with zero attached hydrogens (tertiary/aromatic N) is 1. The third-order valence-electron chi connectivity index (χ3n) is 17.6. The molecule has 0 N–H and O–H groups in total. The fourth-order valence-corrected chi connectivity index (χ4v) is 13.8. The first-order chi connectivity index (χ1) is 35.8. The van der Waals surface area contributed by atoms with Crippen molar-refractivity contribution in [3.05, 3.63) is 233 Å². The van der Waals surface area contributed by atoms with Crippen LogP contribution in [0.4, 0.5) is 17.1 Å². The molecule has 12 aromatic rings. The normalized spacial score (nSPS) is 15.1. The monoisotopic (exact) mass is 953 g/mol. The van der Waals surface area contributed by atoms with Crippen molar-refractivity contribution in [2.45, 2.75) is 71.6 Å². The summed E-state index contributed by atoms with van der Waals surface area (Å²) in [5.74, 6) is 0. The third kappa shape index (κ3) is 5.78. The Morgan fingerprint density at radius 2 is 0.892 bits per heavy atom. The van der Waals surface area contributed by atoms with Gasteiger partial charge in [0.05, 0.1) is 0 Å². The van der Waals surface area contributed by atoms with E-state index in [0.29, 0.717) is 0 Å². The highest BCUT2D eigenvalue weighted by Gasteiger charge is 2.44. The Hall–Kier alpha value is -8.40. The van der Waals surface area contributed by atoms with E-state index in [0.717, 1.165) is 50.2 Å². The zero-order valence-corrected chi connectivity index (χ0v) is 43.2. The Bertz CT molecular complexity index is 4400. The van der Waals surface area contributed by atoms with Crippen LogP contribution >= 0.6 is 0 Å². The smallest absolute Gasteiger partial charge is 0.143 e. The van der Waals surface area contributed by atoms with Crippen LogP contribution in [0.5, 0.6) is 0 Å². The van der Waals surface area contributed by atoms with Gasteiger partial charge < -0.3 is 13.7 Å². The number of fused-ring (bicyclic) bond motifs is 17. The molecule has 0 spiro atoms. The first-order valence-corrected chi connectivity index (χ1v) is 26.2. The van der Waals surface area contributed by atoms with E-state index < -0.39 is 0 Å². The zero-order valence-electron chi connectivity index (χ0n) is 43.2. The molecular formula is C71H55NO2. The van der Waals surface area contributed by atoms with Crippen molar-refractivity contribution >= 4 is 60.9 Å². The van der Waals surface area contributed by atoms with Gasteiger partial charge in [0.25, 0.3) is 0 Å². The van der Waals surface area contributed by atoms with E-state index in [2.05, 4.69) is 248 Å². The van der Waals surface area contributed by atoms with Crippen LogP contribution in [0.2, 0.25) is 0 Å². The Kier molecular flexibility index (Phi) is 8.68. The van der Waals surface area contributed by atoms with E-state index in [1.807, 2.05) is 0 Å². The highest BCUT2D eigenvalue weighted by Crippen LogP contribution is 2.60. The quantitative estimate of drug-likeness (QED) is 0.172. The summed E-state index contributed by atoms with van der Waals surface area (Å²) in [5.41, 5.74) is 29.6. The molecule has 0 saturated heterocycles. The maximum atomic E-state index is 6.90. The lowest BCUT2D eigenvalue weighted by Gasteiger charge is -2.31. The molecule has 0 aliphatic heterocycles. The Balaban J connectivity index is 0.880. The molecule has 356 valence electrons. The molecule has 0 radical (unpaired) electrons. The van der Waals surface area contributed by atoms with Crippen LogP contribution < -0.4 is 4.90 Å². The number of hydrogen-bond donors (Lipinski definition) is 0. The summed E-state index contributed by atoms with van der Waals surface area (Å²) < 4.78 is 13.4. The summed E-state index contributed by atoms with van der Waals surface area (Å²) in [6, 6.07) is 70.0. The second-order valence-corrected chi connectivity index (χ2v) is 23.0. The molecule has 0 unspecified atom stereocenters. The van der Waals surface area contributed by atoms with Crippen molar-refractivity contribution in [1.29, 1.82) is 0 Å². The number of benzene rings is 10. The number of anilines is 3. The predicted molar refractivity (Wildman–Crippen MR) is 309 cm³/mol. The summed E-state index contributed by atoms with van der Waals surface area (Å²) in [5, 5.41) is 4.74. The van der Waals surface area contributed by atoms with Gasteiger partial charge in [0.2, 0.25) is 0 Å². The highest BCUT2D eigenvalue weighted by atomic mass is 16.3. The molecule has 0 fully saturated rings. The van der Waals surface area contributed by atoms with Crippen LogP contribution in [0.25, 0.3) is 99.5 Å². The molecular weight excluding hydrogens is 899 g/mol. The van der Waals surface area contributed by atoms with Gasteiger partial charge in [0, 0.05) is 60.4 Å². The van der Waals surface area contributed by atoms with Crippen LogP contribution in [0.3, 0.4) is 0 Å². The third-order valence-corrected chi connectivity index (χ3v) is 17.6. The van der Waals surface area contributed by atoms with E-state index in [1.54, 1.807) is 0 Å². The summed E-state index contributed by atoms with van der Waals surface area (Å²) in [6.07, 6.45) is 0. The predicted octanol–water partition coefficient (Wildman–Crippen LogP) is 19.8. The largest absolute Gasteiger partial charge is 0.456 e. The van der Waals surface area contributed by atoms with Gasteiger partial charge in [-0.1, -0.05) is 168 Å². The zero-order chi connectivity index (χ0) is 50.2. The van der Waals surface area contributed by atoms with Crippen LogP contribution in [-0.2, 0) is 16.2 Å². The van der Waals surface area contributed by atoms with Gasteiger partial charge in [-0.3, -0.25) is 0 Å². The molecule has 0 amide bonds. The topological polar surface area (TPSA) is 29.5 Å². The van der Waals surface area contributed by atoms with Crippen LogP contribution in [-0.4, -0.2) is 0 Å². The molecule has 3 aliphatic carbocycles. The molecule has 0 atom stereocenters. The van der Waals surface area contributed by atoms with E-state index >= 15 is 0 Å². The maximum Gasteiger partial charge on any atom is 0.143 e. The number of rotatable bonds is 5. The Morgan fingerprint density at radius 3 is 1.62 bits per heavy atom. The van der Waals surface area contributed by atoms with E-state index in [9.17, 15) is 0 Å². The summed E-state index contributed by atoms with van der Waals surface area (Å²) in [6.45, 7) is 18.9. The lowest BCUT2D eigenvalue weighted by atomic mass is 9.79. The number of furan rings is 2. The molecule has 2 heterocycles. The molecule has 3 heteroatoms. The van der Waals surface area contributed by atoms with E-state index in [4.69, 9.17) is 8.83 Å². The maximum absolute atomic E-state index is 6.90. The summed E-state index contributed by atoms with van der Waals surface area (Å²) in [4.78, 5) is 2.51. The van der Waals surface area contributed by atoms with Gasteiger partial charge in [-0.25, -0.2) is 0 Å². The van der Waals surface area contributed by atoms with Crippen molar-refractivity contribution in [2.75, 3.05) is 4.90 Å². The fourth-order valence-electron chi connectivity index (χ4n) is 13.8.